The van der Waals surface area contributed by atoms with E-state index in [1.54, 1.807) is 12.1 Å². The smallest absolute Gasteiger partial charge is 0.337 e. The van der Waals surface area contributed by atoms with E-state index in [1.807, 2.05) is 25.1 Å². The number of hydrogen-bond donors (Lipinski definition) is 2. The number of para-hydroxylation sites is 1. The number of anilines is 1. The van der Waals surface area contributed by atoms with Crippen LogP contribution in [0.1, 0.15) is 17.5 Å². The molecule has 0 bridgehead atoms. The van der Waals surface area contributed by atoms with E-state index in [4.69, 9.17) is 9.15 Å². The molecule has 102 valence electrons. The summed E-state index contributed by atoms with van der Waals surface area (Å²) in [6, 6.07) is 9.26. The summed E-state index contributed by atoms with van der Waals surface area (Å²) in [5.41, 5.74) is 0.658. The van der Waals surface area contributed by atoms with E-state index >= 15 is 0 Å². The van der Waals surface area contributed by atoms with Gasteiger partial charge in [-0.25, -0.2) is 5.10 Å². The molecular weight excluding hydrogens is 260 g/mol. The molecule has 3 rings (SSSR count). The molecule has 0 aliphatic carbocycles. The van der Waals surface area contributed by atoms with Crippen LogP contribution >= 0.6 is 0 Å². The summed E-state index contributed by atoms with van der Waals surface area (Å²) >= 11 is 0. The minimum atomic E-state index is -0.402. The van der Waals surface area contributed by atoms with Crippen LogP contribution in [0.4, 0.5) is 5.95 Å². The zero-order chi connectivity index (χ0) is 13.9. The molecule has 7 nitrogen and oxygen atoms in total. The Morgan fingerprint density at radius 2 is 2.30 bits per heavy atom. The summed E-state index contributed by atoms with van der Waals surface area (Å²) in [6.45, 7) is 2.28. The first-order valence-corrected chi connectivity index (χ1v) is 6.11. The van der Waals surface area contributed by atoms with Crippen LogP contribution in [0.3, 0.4) is 0 Å². The number of hydrogen-bond acceptors (Lipinski definition) is 5. The van der Waals surface area contributed by atoms with Crippen LogP contribution in [-0.2, 0) is 0 Å². The lowest BCUT2D eigenvalue weighted by Crippen LogP contribution is -2.12. The van der Waals surface area contributed by atoms with Gasteiger partial charge in [-0.05, 0) is 19.1 Å². The van der Waals surface area contributed by atoms with E-state index in [1.165, 1.54) is 0 Å². The summed E-state index contributed by atoms with van der Waals surface area (Å²) in [4.78, 5) is 16.0. The molecule has 0 radical (unpaired) electrons. The molecule has 0 spiro atoms. The highest BCUT2D eigenvalue weighted by Gasteiger charge is 2.14. The molecule has 0 saturated carbocycles. The fourth-order valence-corrected chi connectivity index (χ4v) is 1.76. The molecule has 7 heteroatoms. The van der Waals surface area contributed by atoms with Crippen LogP contribution in [0.15, 0.2) is 34.7 Å². The van der Waals surface area contributed by atoms with Crippen molar-refractivity contribution in [3.63, 3.8) is 0 Å². The number of carbonyl (C=O) groups excluding carboxylic acids is 1. The second-order valence-electron chi connectivity index (χ2n) is 4.00. The number of aromatic amines is 1. The first-order chi connectivity index (χ1) is 9.76. The van der Waals surface area contributed by atoms with Gasteiger partial charge in [0.1, 0.15) is 5.58 Å². The molecule has 0 saturated heterocycles. The number of rotatable bonds is 4. The third-order valence-electron chi connectivity index (χ3n) is 2.62. The molecule has 0 aliphatic heterocycles. The molecule has 2 N–H and O–H groups in total. The van der Waals surface area contributed by atoms with Crippen LogP contribution in [0.5, 0.6) is 6.01 Å². The first-order valence-electron chi connectivity index (χ1n) is 6.11. The van der Waals surface area contributed by atoms with Crippen molar-refractivity contribution in [3.8, 4) is 6.01 Å². The van der Waals surface area contributed by atoms with E-state index < -0.39 is 5.91 Å². The van der Waals surface area contributed by atoms with Crippen LogP contribution in [0, 0.1) is 0 Å². The number of nitrogens with zero attached hydrogens (tertiary/aromatic N) is 2. The molecule has 3 aromatic rings. The number of nitrogens with one attached hydrogen (secondary N) is 2. The fourth-order valence-electron chi connectivity index (χ4n) is 1.76. The van der Waals surface area contributed by atoms with Gasteiger partial charge >= 0.3 is 6.01 Å². The van der Waals surface area contributed by atoms with Gasteiger partial charge in [-0.3, -0.25) is 10.1 Å². The van der Waals surface area contributed by atoms with Crippen molar-refractivity contribution >= 4 is 22.8 Å². The minimum absolute atomic E-state index is 0.187. The van der Waals surface area contributed by atoms with Gasteiger partial charge < -0.3 is 9.15 Å². The summed E-state index contributed by atoms with van der Waals surface area (Å²) in [5, 5.41) is 9.78. The summed E-state index contributed by atoms with van der Waals surface area (Å²) in [6.07, 6.45) is 0. The van der Waals surface area contributed by atoms with Crippen molar-refractivity contribution in [1.29, 1.82) is 0 Å². The normalized spacial score (nSPS) is 10.7. The van der Waals surface area contributed by atoms with Crippen LogP contribution in [0.2, 0.25) is 0 Å². The van der Waals surface area contributed by atoms with Gasteiger partial charge in [0.25, 0.3) is 5.91 Å². The van der Waals surface area contributed by atoms with Crippen LogP contribution in [-0.4, -0.2) is 27.7 Å². The Balaban J connectivity index is 1.77. The maximum absolute atomic E-state index is 12.0. The summed E-state index contributed by atoms with van der Waals surface area (Å²) < 4.78 is 10.5. The van der Waals surface area contributed by atoms with Gasteiger partial charge in [0.15, 0.2) is 5.76 Å². The first kappa shape index (κ1) is 12.2. The average molecular weight is 272 g/mol. The maximum Gasteiger partial charge on any atom is 0.337 e. The molecule has 1 amide bonds. The minimum Gasteiger partial charge on any atom is -0.463 e. The quantitative estimate of drug-likeness (QED) is 0.759. The Labute approximate surface area is 114 Å². The van der Waals surface area contributed by atoms with Crippen molar-refractivity contribution in [2.75, 3.05) is 11.9 Å². The van der Waals surface area contributed by atoms with Gasteiger partial charge in [0.05, 0.1) is 6.61 Å². The Hall–Kier alpha value is -2.83. The topological polar surface area (TPSA) is 93.0 Å². The Morgan fingerprint density at radius 3 is 3.10 bits per heavy atom. The van der Waals surface area contributed by atoms with Crippen molar-refractivity contribution < 1.29 is 13.9 Å². The van der Waals surface area contributed by atoms with E-state index in [0.29, 0.717) is 12.2 Å². The maximum atomic E-state index is 12.0. The third kappa shape index (κ3) is 2.33. The number of carbonyl (C=O) groups is 1. The second-order valence-corrected chi connectivity index (χ2v) is 4.00. The van der Waals surface area contributed by atoms with Crippen LogP contribution in [0.25, 0.3) is 11.0 Å². The SMILES string of the molecule is CCOc1n[nH]c(NC(=O)c2cc3ccccc3o2)n1. The number of fused-ring (bicyclic) bond motifs is 1. The molecule has 2 aromatic heterocycles. The number of benzene rings is 1. The molecule has 0 atom stereocenters. The number of furan rings is 1. The molecule has 0 fully saturated rings. The third-order valence-corrected chi connectivity index (χ3v) is 2.62. The summed E-state index contributed by atoms with van der Waals surface area (Å²) in [5.74, 6) is 0.0138. The molecule has 20 heavy (non-hydrogen) atoms. The number of H-pyrrole nitrogens is 1. The largest absolute Gasteiger partial charge is 0.463 e. The van der Waals surface area contributed by atoms with Gasteiger partial charge in [0.2, 0.25) is 5.95 Å². The van der Waals surface area contributed by atoms with E-state index in [9.17, 15) is 4.79 Å². The van der Waals surface area contributed by atoms with Gasteiger partial charge in [0, 0.05) is 5.39 Å². The number of ether oxygens (including phenoxy) is 1. The average Bonchev–Trinajstić information content (AvgIpc) is 3.05. The van der Waals surface area contributed by atoms with E-state index in [-0.39, 0.29) is 17.7 Å². The lowest BCUT2D eigenvalue weighted by molar-refractivity contribution is 0.0998. The van der Waals surface area contributed by atoms with E-state index in [0.717, 1.165) is 5.39 Å². The van der Waals surface area contributed by atoms with Gasteiger partial charge in [-0.15, -0.1) is 5.10 Å². The summed E-state index contributed by atoms with van der Waals surface area (Å²) in [7, 11) is 0. The molecule has 0 unspecified atom stereocenters. The lowest BCUT2D eigenvalue weighted by atomic mass is 10.2. The monoisotopic (exact) mass is 272 g/mol. The second kappa shape index (κ2) is 5.04. The predicted molar refractivity (Wildman–Crippen MR) is 71.7 cm³/mol. The Kier molecular flexibility index (Phi) is 3.08. The highest BCUT2D eigenvalue weighted by Crippen LogP contribution is 2.19. The molecule has 0 aliphatic rings. The van der Waals surface area contributed by atoms with Crippen molar-refractivity contribution in [3.05, 3.63) is 36.1 Å². The Morgan fingerprint density at radius 1 is 1.45 bits per heavy atom. The van der Waals surface area contributed by atoms with Crippen molar-refractivity contribution in [2.24, 2.45) is 0 Å². The molecular formula is C13H12N4O3. The predicted octanol–water partition coefficient (Wildman–Crippen LogP) is 2.20. The van der Waals surface area contributed by atoms with Crippen molar-refractivity contribution in [1.82, 2.24) is 15.2 Å². The van der Waals surface area contributed by atoms with E-state index in [2.05, 4.69) is 20.5 Å². The molecule has 1 aromatic carbocycles. The highest BCUT2D eigenvalue weighted by molar-refractivity contribution is 6.03. The number of aromatic nitrogens is 3. The lowest BCUT2D eigenvalue weighted by Gasteiger charge is -1.96. The van der Waals surface area contributed by atoms with Crippen molar-refractivity contribution in [2.45, 2.75) is 6.92 Å². The zero-order valence-corrected chi connectivity index (χ0v) is 10.7. The van der Waals surface area contributed by atoms with Crippen LogP contribution < -0.4 is 10.1 Å². The molecule has 2 heterocycles. The van der Waals surface area contributed by atoms with Gasteiger partial charge in [-0.1, -0.05) is 18.2 Å². The highest BCUT2D eigenvalue weighted by atomic mass is 16.5. The Bertz CT molecular complexity index is 714. The zero-order valence-electron chi connectivity index (χ0n) is 10.7. The fraction of sp³-hybridized carbons (Fsp3) is 0.154. The standard InChI is InChI=1S/C13H12N4O3/c1-2-19-13-15-12(16-17-13)14-11(18)10-7-8-5-3-4-6-9(8)20-10/h3-7H,2H2,1H3,(H2,14,15,16,17,18). The number of amides is 1. The van der Waals surface area contributed by atoms with Gasteiger partial charge in [-0.2, -0.15) is 4.98 Å².